The van der Waals surface area contributed by atoms with E-state index >= 15 is 0 Å². The van der Waals surface area contributed by atoms with Crippen molar-refractivity contribution in [2.24, 2.45) is 0 Å². The van der Waals surface area contributed by atoms with Crippen LogP contribution in [0.2, 0.25) is 0 Å². The van der Waals surface area contributed by atoms with Gasteiger partial charge in [-0.3, -0.25) is 14.4 Å². The zero-order chi connectivity index (χ0) is 31.8. The van der Waals surface area contributed by atoms with Crippen LogP contribution in [-0.2, 0) is 22.6 Å². The van der Waals surface area contributed by atoms with Crippen LogP contribution in [0, 0.1) is 6.92 Å². The molecule has 10 nitrogen and oxygen atoms in total. The molecule has 0 unspecified atom stereocenters. The summed E-state index contributed by atoms with van der Waals surface area (Å²) >= 11 is 0. The molecule has 3 aromatic carbocycles. The maximum Gasteiger partial charge on any atom is 0.323 e. The topological polar surface area (TPSA) is 130 Å². The summed E-state index contributed by atoms with van der Waals surface area (Å²) in [5, 5.41) is 23.1. The Hall–Kier alpha value is -4.99. The number of ether oxygens (including phenoxy) is 2. The lowest BCUT2D eigenvalue weighted by molar-refractivity contribution is -0.137. The molecule has 0 aliphatic heterocycles. The fourth-order valence-electron chi connectivity index (χ4n) is 5.33. The molecule has 0 aliphatic carbocycles. The number of phenolic OH excluding ortho intramolecular Hbond substituents is 1. The number of amides is 2. The molecule has 1 aromatic heterocycles. The molecule has 3 N–H and O–H groups in total. The summed E-state index contributed by atoms with van der Waals surface area (Å²) in [5.74, 6) is -1.07. The second kappa shape index (κ2) is 14.5. The molecule has 0 saturated carbocycles. The highest BCUT2D eigenvalue weighted by Crippen LogP contribution is 2.40. The number of carboxylic acids is 1. The lowest BCUT2D eigenvalue weighted by Crippen LogP contribution is -2.50. The zero-order valence-corrected chi connectivity index (χ0v) is 25.5. The number of fused-ring (bicyclic) bond motifs is 1. The summed E-state index contributed by atoms with van der Waals surface area (Å²) in [7, 11) is 3.06. The standard InChI is InChI=1S/C34H39N3O7/c1-5-6-9-16-36(32-29(43-3)17-22(2)18-30(32)44-4)34(42)26(19-23-12-14-25(38)15-13-23)35-33(41)28-20-24-10-7-8-11-27(24)37(28)21-31(39)40/h7-8,10-15,17-18,20,26,38H,5-6,9,16,19,21H2,1-4H3,(H,35,41)(H,39,40)/t26-/m1/s1. The lowest BCUT2D eigenvalue weighted by Gasteiger charge is -2.30. The van der Waals surface area contributed by atoms with Crippen molar-refractivity contribution in [3.8, 4) is 17.2 Å². The van der Waals surface area contributed by atoms with Crippen molar-refractivity contribution in [2.45, 2.75) is 52.1 Å². The molecule has 4 rings (SSSR count). The number of rotatable bonds is 14. The van der Waals surface area contributed by atoms with Crippen molar-refractivity contribution in [1.82, 2.24) is 9.88 Å². The third kappa shape index (κ3) is 7.31. The van der Waals surface area contributed by atoms with Gasteiger partial charge in [0.1, 0.15) is 41.2 Å². The van der Waals surface area contributed by atoms with E-state index in [-0.39, 0.29) is 23.8 Å². The van der Waals surface area contributed by atoms with Crippen LogP contribution in [0.25, 0.3) is 10.9 Å². The number of nitrogens with one attached hydrogen (secondary N) is 1. The van der Waals surface area contributed by atoms with Gasteiger partial charge in [-0.05, 0) is 60.9 Å². The number of aromatic nitrogens is 1. The number of benzene rings is 3. The van der Waals surface area contributed by atoms with Gasteiger partial charge in [0.15, 0.2) is 0 Å². The minimum atomic E-state index is -1.10. The van der Waals surface area contributed by atoms with Crippen LogP contribution in [0.4, 0.5) is 5.69 Å². The molecule has 0 spiro atoms. The van der Waals surface area contributed by atoms with Gasteiger partial charge in [0.2, 0.25) is 5.91 Å². The first-order chi connectivity index (χ1) is 21.2. The van der Waals surface area contributed by atoms with E-state index < -0.39 is 24.5 Å². The molecule has 1 heterocycles. The first-order valence-electron chi connectivity index (χ1n) is 14.6. The van der Waals surface area contributed by atoms with Crippen LogP contribution in [0.15, 0.2) is 66.7 Å². The molecule has 0 bridgehead atoms. The maximum atomic E-state index is 14.6. The molecule has 1 atom stereocenters. The van der Waals surface area contributed by atoms with Crippen LogP contribution < -0.4 is 19.7 Å². The van der Waals surface area contributed by atoms with Crippen LogP contribution in [-0.4, -0.2) is 59.4 Å². The normalized spacial score (nSPS) is 11.6. The number of hydrogen-bond acceptors (Lipinski definition) is 6. The number of carbonyl (C=O) groups is 3. The van der Waals surface area contributed by atoms with Crippen LogP contribution in [0.1, 0.15) is 47.8 Å². The number of para-hydroxylation sites is 1. The number of aromatic hydroxyl groups is 1. The van der Waals surface area contributed by atoms with E-state index in [1.54, 1.807) is 41.3 Å². The average Bonchev–Trinajstić information content (AvgIpc) is 3.37. The fourth-order valence-corrected chi connectivity index (χ4v) is 5.33. The number of hydrogen-bond donors (Lipinski definition) is 3. The van der Waals surface area contributed by atoms with Crippen molar-refractivity contribution >= 4 is 34.4 Å². The van der Waals surface area contributed by atoms with E-state index in [1.807, 2.05) is 25.1 Å². The SMILES string of the molecule is CCCCCN(C(=O)[C@@H](Cc1ccc(O)cc1)NC(=O)c1cc2ccccc2n1CC(=O)O)c1c(OC)cc(C)cc1OC. The van der Waals surface area contributed by atoms with Crippen LogP contribution in [0.3, 0.4) is 0 Å². The van der Waals surface area contributed by atoms with Gasteiger partial charge in [-0.1, -0.05) is 50.1 Å². The van der Waals surface area contributed by atoms with Crippen molar-refractivity contribution in [3.63, 3.8) is 0 Å². The Kier molecular flexibility index (Phi) is 10.5. The molecule has 10 heteroatoms. The van der Waals surface area contributed by atoms with E-state index in [2.05, 4.69) is 12.2 Å². The molecular formula is C34H39N3O7. The quantitative estimate of drug-likeness (QED) is 0.167. The number of nitrogens with zero attached hydrogens (tertiary/aromatic N) is 2. The van der Waals surface area contributed by atoms with Gasteiger partial charge in [-0.2, -0.15) is 0 Å². The molecule has 44 heavy (non-hydrogen) atoms. The number of methoxy groups -OCH3 is 2. The van der Waals surface area contributed by atoms with Gasteiger partial charge < -0.3 is 34.5 Å². The minimum absolute atomic E-state index is 0.0779. The maximum absolute atomic E-state index is 14.6. The number of anilines is 1. The Morgan fingerprint density at radius 1 is 0.955 bits per heavy atom. The van der Waals surface area contributed by atoms with Gasteiger partial charge >= 0.3 is 5.97 Å². The zero-order valence-electron chi connectivity index (χ0n) is 25.5. The predicted molar refractivity (Wildman–Crippen MR) is 169 cm³/mol. The fraction of sp³-hybridized carbons (Fsp3) is 0.324. The Morgan fingerprint density at radius 2 is 1.61 bits per heavy atom. The van der Waals surface area contributed by atoms with Crippen molar-refractivity contribution < 1.29 is 34.1 Å². The average molecular weight is 602 g/mol. The third-order valence-corrected chi connectivity index (χ3v) is 7.46. The molecule has 4 aromatic rings. The number of phenols is 1. The highest BCUT2D eigenvalue weighted by atomic mass is 16.5. The monoisotopic (exact) mass is 601 g/mol. The Balaban J connectivity index is 1.79. The molecule has 2 amide bonds. The summed E-state index contributed by atoms with van der Waals surface area (Å²) in [6.45, 7) is 3.91. The Labute approximate surface area is 256 Å². The molecule has 0 radical (unpaired) electrons. The van der Waals surface area contributed by atoms with E-state index in [0.717, 1.165) is 18.4 Å². The molecule has 0 fully saturated rings. The van der Waals surface area contributed by atoms with Crippen molar-refractivity contribution in [2.75, 3.05) is 25.7 Å². The highest BCUT2D eigenvalue weighted by Gasteiger charge is 2.32. The summed E-state index contributed by atoms with van der Waals surface area (Å²) in [6, 6.07) is 17.8. The Bertz CT molecular complexity index is 1600. The highest BCUT2D eigenvalue weighted by molar-refractivity contribution is 6.05. The summed E-state index contributed by atoms with van der Waals surface area (Å²) in [6.07, 6.45) is 2.64. The van der Waals surface area contributed by atoms with E-state index in [4.69, 9.17) is 9.47 Å². The molecule has 232 valence electrons. The first kappa shape index (κ1) is 31.9. The smallest absolute Gasteiger partial charge is 0.323 e. The summed E-state index contributed by atoms with van der Waals surface area (Å²) in [4.78, 5) is 41.8. The first-order valence-corrected chi connectivity index (χ1v) is 14.6. The summed E-state index contributed by atoms with van der Waals surface area (Å²) < 4.78 is 12.8. The predicted octanol–water partition coefficient (Wildman–Crippen LogP) is 5.32. The molecule has 0 saturated heterocycles. The van der Waals surface area contributed by atoms with Gasteiger partial charge in [0.25, 0.3) is 5.91 Å². The van der Waals surface area contributed by atoms with E-state index in [9.17, 15) is 24.6 Å². The minimum Gasteiger partial charge on any atom is -0.508 e. The van der Waals surface area contributed by atoms with Gasteiger partial charge in [-0.25, -0.2) is 0 Å². The number of aliphatic carboxylic acids is 1. The van der Waals surface area contributed by atoms with Crippen molar-refractivity contribution in [1.29, 1.82) is 0 Å². The van der Waals surface area contributed by atoms with Crippen LogP contribution in [0.5, 0.6) is 17.2 Å². The van der Waals surface area contributed by atoms with Crippen LogP contribution >= 0.6 is 0 Å². The number of carboxylic acid groups (broad SMARTS) is 1. The van der Waals surface area contributed by atoms with Crippen molar-refractivity contribution in [3.05, 3.63) is 83.6 Å². The number of aryl methyl sites for hydroxylation is 1. The lowest BCUT2D eigenvalue weighted by atomic mass is 10.0. The summed E-state index contributed by atoms with van der Waals surface area (Å²) in [5.41, 5.74) is 2.79. The number of unbranched alkanes of at least 4 members (excludes halogenated alkanes) is 2. The second-order valence-electron chi connectivity index (χ2n) is 10.7. The second-order valence-corrected chi connectivity index (χ2v) is 10.7. The molecular weight excluding hydrogens is 562 g/mol. The largest absolute Gasteiger partial charge is 0.508 e. The van der Waals surface area contributed by atoms with E-state index in [0.29, 0.717) is 46.6 Å². The van der Waals surface area contributed by atoms with E-state index in [1.165, 1.54) is 30.9 Å². The Morgan fingerprint density at radius 3 is 2.23 bits per heavy atom. The van der Waals surface area contributed by atoms with Gasteiger partial charge in [0.05, 0.1) is 14.2 Å². The van der Waals surface area contributed by atoms with Gasteiger partial charge in [0, 0.05) is 23.9 Å². The third-order valence-electron chi connectivity index (χ3n) is 7.46. The number of carbonyl (C=O) groups excluding carboxylic acids is 2. The van der Waals surface area contributed by atoms with Gasteiger partial charge in [-0.15, -0.1) is 0 Å². The molecule has 0 aliphatic rings.